The molecule has 0 fully saturated rings. The highest BCUT2D eigenvalue weighted by molar-refractivity contribution is 5.84. The van der Waals surface area contributed by atoms with Gasteiger partial charge in [-0.05, 0) is 25.0 Å². The average Bonchev–Trinajstić information content (AvgIpc) is 2.88. The Bertz CT molecular complexity index is 549. The summed E-state index contributed by atoms with van der Waals surface area (Å²) in [6.45, 7) is 2.43. The molecule has 0 amide bonds. The first-order valence-electron chi connectivity index (χ1n) is 6.88. The molecule has 0 N–H and O–H groups in total. The van der Waals surface area contributed by atoms with Gasteiger partial charge in [-0.15, -0.1) is 0 Å². The third-order valence-corrected chi connectivity index (χ3v) is 3.28. The number of aromatic nitrogens is 2. The molecule has 1 atom stereocenters. The van der Waals surface area contributed by atoms with Crippen LogP contribution in [0.25, 0.3) is 0 Å². The van der Waals surface area contributed by atoms with Gasteiger partial charge in [-0.3, -0.25) is 9.48 Å². The first-order chi connectivity index (χ1) is 9.72. The SMILES string of the molecule is CCOC(C(=O)CCc1ccnn1C)c1ccccc1. The molecule has 0 aliphatic rings. The summed E-state index contributed by atoms with van der Waals surface area (Å²) in [6.07, 6.45) is 2.43. The molecule has 0 aliphatic carbocycles. The van der Waals surface area contributed by atoms with Gasteiger partial charge in [0.25, 0.3) is 0 Å². The van der Waals surface area contributed by atoms with Gasteiger partial charge >= 0.3 is 0 Å². The van der Waals surface area contributed by atoms with Crippen LogP contribution in [0.1, 0.15) is 30.7 Å². The number of carbonyl (C=O) groups is 1. The van der Waals surface area contributed by atoms with Crippen molar-refractivity contribution in [3.05, 3.63) is 53.9 Å². The van der Waals surface area contributed by atoms with E-state index in [2.05, 4.69) is 5.10 Å². The maximum Gasteiger partial charge on any atom is 0.166 e. The lowest BCUT2D eigenvalue weighted by Gasteiger charge is -2.16. The molecule has 1 heterocycles. The highest BCUT2D eigenvalue weighted by Gasteiger charge is 2.20. The van der Waals surface area contributed by atoms with Crippen LogP contribution in [0.3, 0.4) is 0 Å². The molecule has 0 bridgehead atoms. The normalized spacial score (nSPS) is 12.3. The van der Waals surface area contributed by atoms with Crippen molar-refractivity contribution in [2.24, 2.45) is 7.05 Å². The van der Waals surface area contributed by atoms with Crippen molar-refractivity contribution in [3.63, 3.8) is 0 Å². The fourth-order valence-electron chi connectivity index (χ4n) is 2.20. The van der Waals surface area contributed by atoms with E-state index in [1.807, 2.05) is 50.4 Å². The molecule has 1 aromatic heterocycles. The minimum atomic E-state index is -0.463. The predicted molar refractivity (Wildman–Crippen MR) is 77.3 cm³/mol. The summed E-state index contributed by atoms with van der Waals surface area (Å²) in [7, 11) is 1.89. The van der Waals surface area contributed by atoms with Gasteiger partial charge in [-0.25, -0.2) is 0 Å². The minimum absolute atomic E-state index is 0.110. The third kappa shape index (κ3) is 3.54. The number of benzene rings is 1. The van der Waals surface area contributed by atoms with Crippen LogP contribution in [0, 0.1) is 0 Å². The summed E-state index contributed by atoms with van der Waals surface area (Å²) >= 11 is 0. The van der Waals surface area contributed by atoms with E-state index >= 15 is 0 Å². The van der Waals surface area contributed by atoms with Crippen molar-refractivity contribution in [1.82, 2.24) is 9.78 Å². The van der Waals surface area contributed by atoms with Crippen LogP contribution in [0.5, 0.6) is 0 Å². The molecule has 0 saturated heterocycles. The number of carbonyl (C=O) groups excluding carboxylic acids is 1. The van der Waals surface area contributed by atoms with E-state index < -0.39 is 6.10 Å². The van der Waals surface area contributed by atoms with Gasteiger partial charge in [0.2, 0.25) is 0 Å². The fraction of sp³-hybridized carbons (Fsp3) is 0.375. The molecule has 4 heteroatoms. The molecule has 0 radical (unpaired) electrons. The Labute approximate surface area is 119 Å². The number of rotatable bonds is 7. The smallest absolute Gasteiger partial charge is 0.166 e. The molecule has 0 saturated carbocycles. The van der Waals surface area contributed by atoms with E-state index in [1.165, 1.54) is 0 Å². The maximum absolute atomic E-state index is 12.4. The summed E-state index contributed by atoms with van der Waals surface area (Å²) < 4.78 is 7.42. The molecule has 2 aromatic rings. The first-order valence-corrected chi connectivity index (χ1v) is 6.88. The number of Topliss-reactive ketones (excluding diaryl/α,β-unsaturated/α-hetero) is 1. The summed E-state index contributed by atoms with van der Waals surface area (Å²) in [5.74, 6) is 0.110. The zero-order valence-electron chi connectivity index (χ0n) is 12.0. The van der Waals surface area contributed by atoms with Crippen molar-refractivity contribution in [1.29, 1.82) is 0 Å². The van der Waals surface area contributed by atoms with Gasteiger partial charge in [0.1, 0.15) is 6.10 Å². The lowest BCUT2D eigenvalue weighted by atomic mass is 10.0. The van der Waals surface area contributed by atoms with Crippen molar-refractivity contribution in [2.45, 2.75) is 25.9 Å². The topological polar surface area (TPSA) is 44.1 Å². The van der Waals surface area contributed by atoms with Crippen LogP contribution in [-0.2, 0) is 23.0 Å². The minimum Gasteiger partial charge on any atom is -0.366 e. The third-order valence-electron chi connectivity index (χ3n) is 3.28. The highest BCUT2D eigenvalue weighted by Crippen LogP contribution is 2.20. The zero-order valence-corrected chi connectivity index (χ0v) is 12.0. The van der Waals surface area contributed by atoms with Crippen LogP contribution in [-0.4, -0.2) is 22.2 Å². The van der Waals surface area contributed by atoms with Crippen molar-refractivity contribution in [2.75, 3.05) is 6.61 Å². The van der Waals surface area contributed by atoms with E-state index in [0.29, 0.717) is 19.4 Å². The molecule has 20 heavy (non-hydrogen) atoms. The Morgan fingerprint density at radius 3 is 2.65 bits per heavy atom. The number of aryl methyl sites for hydroxylation is 2. The summed E-state index contributed by atoms with van der Waals surface area (Å²) in [4.78, 5) is 12.4. The second-order valence-corrected chi connectivity index (χ2v) is 4.66. The van der Waals surface area contributed by atoms with Gasteiger partial charge in [-0.1, -0.05) is 30.3 Å². The second-order valence-electron chi connectivity index (χ2n) is 4.66. The van der Waals surface area contributed by atoms with Crippen LogP contribution in [0.15, 0.2) is 42.6 Å². The predicted octanol–water partition coefficient (Wildman–Crippen LogP) is 2.70. The standard InChI is InChI=1S/C16H20N2O2/c1-3-20-16(13-7-5-4-6-8-13)15(19)10-9-14-11-12-17-18(14)2/h4-8,11-12,16H,3,9-10H2,1-2H3. The Hall–Kier alpha value is -1.94. The van der Waals surface area contributed by atoms with Crippen molar-refractivity contribution in [3.8, 4) is 0 Å². The number of ether oxygens (including phenoxy) is 1. The van der Waals surface area contributed by atoms with Crippen LogP contribution < -0.4 is 0 Å². The fourth-order valence-corrected chi connectivity index (χ4v) is 2.20. The monoisotopic (exact) mass is 272 g/mol. The van der Waals surface area contributed by atoms with Crippen LogP contribution in [0.4, 0.5) is 0 Å². The van der Waals surface area contributed by atoms with Gasteiger partial charge < -0.3 is 4.74 Å². The van der Waals surface area contributed by atoms with E-state index in [0.717, 1.165) is 11.3 Å². The maximum atomic E-state index is 12.4. The zero-order chi connectivity index (χ0) is 14.4. The second kappa shape index (κ2) is 7.01. The Morgan fingerprint density at radius 1 is 1.30 bits per heavy atom. The number of hydrogen-bond donors (Lipinski definition) is 0. The molecule has 0 aliphatic heterocycles. The summed E-state index contributed by atoms with van der Waals surface area (Å²) in [5.41, 5.74) is 1.98. The van der Waals surface area contributed by atoms with Gasteiger partial charge in [0.05, 0.1) is 0 Å². The van der Waals surface area contributed by atoms with Gasteiger partial charge in [0.15, 0.2) is 5.78 Å². The van der Waals surface area contributed by atoms with Crippen LogP contribution >= 0.6 is 0 Å². The van der Waals surface area contributed by atoms with Gasteiger partial charge in [-0.2, -0.15) is 5.10 Å². The molecular formula is C16H20N2O2. The molecular weight excluding hydrogens is 252 g/mol. The number of hydrogen-bond acceptors (Lipinski definition) is 3. The first kappa shape index (κ1) is 14.5. The Balaban J connectivity index is 2.02. The number of nitrogens with zero attached hydrogens (tertiary/aromatic N) is 2. The van der Waals surface area contributed by atoms with Gasteiger partial charge in [0, 0.05) is 32.0 Å². The molecule has 1 aromatic carbocycles. The Kier molecular flexibility index (Phi) is 5.07. The summed E-state index contributed by atoms with van der Waals surface area (Å²) in [5, 5.41) is 4.11. The average molecular weight is 272 g/mol. The Morgan fingerprint density at radius 2 is 2.05 bits per heavy atom. The van der Waals surface area contributed by atoms with Crippen LogP contribution in [0.2, 0.25) is 0 Å². The molecule has 1 unspecified atom stereocenters. The number of ketones is 1. The highest BCUT2D eigenvalue weighted by atomic mass is 16.5. The molecule has 2 rings (SSSR count). The quantitative estimate of drug-likeness (QED) is 0.778. The van der Waals surface area contributed by atoms with Crippen molar-refractivity contribution < 1.29 is 9.53 Å². The van der Waals surface area contributed by atoms with E-state index in [1.54, 1.807) is 10.9 Å². The molecule has 0 spiro atoms. The molecule has 106 valence electrons. The van der Waals surface area contributed by atoms with E-state index in [4.69, 9.17) is 4.74 Å². The van der Waals surface area contributed by atoms with Crippen molar-refractivity contribution >= 4 is 5.78 Å². The lowest BCUT2D eigenvalue weighted by molar-refractivity contribution is -0.130. The largest absolute Gasteiger partial charge is 0.366 e. The lowest BCUT2D eigenvalue weighted by Crippen LogP contribution is -2.17. The molecule has 4 nitrogen and oxygen atoms in total. The summed E-state index contributed by atoms with van der Waals surface area (Å²) in [6, 6.07) is 11.6. The van der Waals surface area contributed by atoms with E-state index in [9.17, 15) is 4.79 Å². The van der Waals surface area contributed by atoms with E-state index in [-0.39, 0.29) is 5.78 Å².